The molecule has 1 saturated heterocycles. The van der Waals surface area contributed by atoms with Crippen molar-refractivity contribution in [2.45, 2.75) is 37.8 Å². The highest BCUT2D eigenvalue weighted by atomic mass is 35.5. The van der Waals surface area contributed by atoms with E-state index in [1.54, 1.807) is 11.5 Å². The van der Waals surface area contributed by atoms with Gasteiger partial charge in [-0.3, -0.25) is 9.36 Å². The fourth-order valence-corrected chi connectivity index (χ4v) is 4.75. The third kappa shape index (κ3) is 3.21. The maximum Gasteiger partial charge on any atom is 0.350 e. The van der Waals surface area contributed by atoms with Gasteiger partial charge < -0.3 is 16.5 Å². The summed E-state index contributed by atoms with van der Waals surface area (Å²) in [4.78, 5) is 27.2. The Kier molecular flexibility index (Phi) is 5.10. The molecule has 31 heavy (non-hydrogen) atoms. The van der Waals surface area contributed by atoms with Crippen molar-refractivity contribution in [1.82, 2.24) is 9.24 Å². The van der Waals surface area contributed by atoms with Crippen LogP contribution in [0.3, 0.4) is 0 Å². The first kappa shape index (κ1) is 21.4. The number of fused-ring (bicyclic) bond motifs is 1. The molecule has 0 spiro atoms. The van der Waals surface area contributed by atoms with E-state index in [-0.39, 0.29) is 23.8 Å². The fourth-order valence-electron chi connectivity index (χ4n) is 4.75. The number of aryl methyl sites for hydroxylation is 1. The van der Waals surface area contributed by atoms with Crippen LogP contribution in [-0.4, -0.2) is 22.3 Å². The van der Waals surface area contributed by atoms with Gasteiger partial charge in [0.15, 0.2) is 0 Å². The zero-order valence-electron chi connectivity index (χ0n) is 17.2. The van der Waals surface area contributed by atoms with Crippen molar-refractivity contribution in [2.75, 3.05) is 23.8 Å². The van der Waals surface area contributed by atoms with E-state index in [2.05, 4.69) is 0 Å². The number of nitrogens with two attached hydrogens (primary N) is 2. The number of hydrogen-bond donors (Lipinski definition) is 2. The van der Waals surface area contributed by atoms with Crippen molar-refractivity contribution in [1.29, 1.82) is 0 Å². The van der Waals surface area contributed by atoms with Gasteiger partial charge in [0, 0.05) is 24.7 Å². The Hall–Kier alpha value is -2.84. The molecule has 2 heterocycles. The Morgan fingerprint density at radius 1 is 1.16 bits per heavy atom. The summed E-state index contributed by atoms with van der Waals surface area (Å²) >= 11 is 0. The smallest absolute Gasteiger partial charge is 0.350 e. The predicted molar refractivity (Wildman–Crippen MR) is 122 cm³/mol. The lowest BCUT2D eigenvalue weighted by Crippen LogP contribution is -2.45. The third-order valence-corrected chi connectivity index (χ3v) is 6.44. The van der Waals surface area contributed by atoms with E-state index in [9.17, 15) is 9.59 Å². The first-order valence-corrected chi connectivity index (χ1v) is 10.2. The van der Waals surface area contributed by atoms with Crippen LogP contribution in [0, 0.1) is 12.7 Å². The average molecular weight is 446 g/mol. The molecule has 7 nitrogen and oxygen atoms in total. The van der Waals surface area contributed by atoms with Crippen LogP contribution in [0.4, 0.5) is 10.1 Å². The second kappa shape index (κ2) is 7.39. The lowest BCUT2D eigenvalue weighted by molar-refractivity contribution is 0.498. The summed E-state index contributed by atoms with van der Waals surface area (Å²) in [6, 6.07) is 11.0. The molecular weight excluding hydrogens is 421 g/mol. The zero-order valence-corrected chi connectivity index (χ0v) is 18.0. The standard InChI is InChI=1S/C22H24FN5O2.ClH/c1-13-18-16(20(29)28(25)21(30)27(18)15-7-8-15)11-17(23)19(13)26-10-9-22(24,12-26)14-5-3-2-4-6-14;/h2-6,11,15H,7-10,12,24-25H2,1H3;1H. The van der Waals surface area contributed by atoms with Crippen molar-refractivity contribution in [3.05, 3.63) is 74.2 Å². The molecule has 164 valence electrons. The van der Waals surface area contributed by atoms with Crippen molar-refractivity contribution in [2.24, 2.45) is 5.73 Å². The lowest BCUT2D eigenvalue weighted by atomic mass is 9.90. The number of anilines is 1. The minimum absolute atomic E-state index is 0. The molecule has 2 aliphatic rings. The minimum atomic E-state index is -0.681. The quantitative estimate of drug-likeness (QED) is 0.602. The van der Waals surface area contributed by atoms with Gasteiger partial charge in [-0.05, 0) is 37.8 Å². The molecule has 3 aromatic rings. The maximum atomic E-state index is 15.3. The second-order valence-electron chi connectivity index (χ2n) is 8.48. The highest BCUT2D eigenvalue weighted by Crippen LogP contribution is 2.40. The van der Waals surface area contributed by atoms with Gasteiger partial charge in [0.1, 0.15) is 5.82 Å². The van der Waals surface area contributed by atoms with E-state index in [4.69, 9.17) is 11.6 Å². The van der Waals surface area contributed by atoms with Gasteiger partial charge in [0.25, 0.3) is 5.56 Å². The SMILES string of the molecule is Cc1c(N2CCC(N)(c3ccccc3)C2)c(F)cc2c(=O)n(N)c(=O)n(C3CC3)c12.Cl. The Labute approximate surface area is 184 Å². The third-order valence-electron chi connectivity index (χ3n) is 6.44. The molecule has 1 unspecified atom stereocenters. The molecule has 2 fully saturated rings. The van der Waals surface area contributed by atoms with Crippen molar-refractivity contribution in [3.63, 3.8) is 0 Å². The van der Waals surface area contributed by atoms with Crippen LogP contribution in [0.5, 0.6) is 0 Å². The molecule has 0 bridgehead atoms. The van der Waals surface area contributed by atoms with E-state index >= 15 is 4.39 Å². The van der Waals surface area contributed by atoms with Gasteiger partial charge in [-0.15, -0.1) is 12.4 Å². The number of hydrogen-bond acceptors (Lipinski definition) is 5. The van der Waals surface area contributed by atoms with Gasteiger partial charge in [0.2, 0.25) is 0 Å². The topological polar surface area (TPSA) is 99.3 Å². The number of benzene rings is 2. The van der Waals surface area contributed by atoms with E-state index in [0.717, 1.165) is 18.4 Å². The molecule has 9 heteroatoms. The predicted octanol–water partition coefficient (Wildman–Crippen LogP) is 2.15. The normalized spacial score (nSPS) is 20.8. The summed E-state index contributed by atoms with van der Waals surface area (Å²) in [5, 5.41) is 0.129. The Bertz CT molecular complexity index is 1290. The van der Waals surface area contributed by atoms with Gasteiger partial charge >= 0.3 is 5.69 Å². The number of halogens is 2. The number of aromatic nitrogens is 2. The molecule has 1 aliphatic heterocycles. The van der Waals surface area contributed by atoms with Crippen molar-refractivity contribution in [3.8, 4) is 0 Å². The van der Waals surface area contributed by atoms with E-state index in [1.807, 2.05) is 35.2 Å². The fraction of sp³-hybridized carbons (Fsp3) is 0.364. The van der Waals surface area contributed by atoms with E-state index in [0.29, 0.717) is 41.0 Å². The van der Waals surface area contributed by atoms with E-state index < -0.39 is 22.6 Å². The minimum Gasteiger partial charge on any atom is -0.367 e. The summed E-state index contributed by atoms with van der Waals surface area (Å²) in [5.41, 5.74) is 7.30. The number of rotatable bonds is 3. The van der Waals surface area contributed by atoms with Gasteiger partial charge in [0.05, 0.1) is 22.1 Å². The van der Waals surface area contributed by atoms with E-state index in [1.165, 1.54) is 6.07 Å². The molecule has 0 amide bonds. The summed E-state index contributed by atoms with van der Waals surface area (Å²) in [5.74, 6) is 5.19. The molecular formula is C22H25ClFN5O2. The van der Waals surface area contributed by atoms with Gasteiger partial charge in [-0.2, -0.15) is 4.68 Å². The van der Waals surface area contributed by atoms with Gasteiger partial charge in [-0.1, -0.05) is 30.3 Å². The average Bonchev–Trinajstić information content (AvgIpc) is 3.50. The van der Waals surface area contributed by atoms with Crippen molar-refractivity contribution < 1.29 is 4.39 Å². The summed E-state index contributed by atoms with van der Waals surface area (Å²) < 4.78 is 17.4. The molecule has 1 aromatic heterocycles. The van der Waals surface area contributed by atoms with Crippen molar-refractivity contribution >= 4 is 29.0 Å². The van der Waals surface area contributed by atoms with Crippen LogP contribution in [0.15, 0.2) is 46.0 Å². The van der Waals surface area contributed by atoms with Crippen LogP contribution in [-0.2, 0) is 5.54 Å². The van der Waals surface area contributed by atoms with Crippen LogP contribution >= 0.6 is 12.4 Å². The maximum absolute atomic E-state index is 15.3. The number of nitrogens with zero attached hydrogens (tertiary/aromatic N) is 3. The molecule has 0 radical (unpaired) electrons. The Morgan fingerprint density at radius 3 is 2.48 bits per heavy atom. The Balaban J connectivity index is 0.00000231. The monoisotopic (exact) mass is 445 g/mol. The molecule has 1 saturated carbocycles. The lowest BCUT2D eigenvalue weighted by Gasteiger charge is -2.28. The first-order chi connectivity index (χ1) is 14.3. The summed E-state index contributed by atoms with van der Waals surface area (Å²) in [7, 11) is 0. The van der Waals surface area contributed by atoms with Crippen LogP contribution < -0.4 is 27.7 Å². The largest absolute Gasteiger partial charge is 0.367 e. The zero-order chi connectivity index (χ0) is 21.2. The molecule has 2 aromatic carbocycles. The highest BCUT2D eigenvalue weighted by Gasteiger charge is 2.38. The van der Waals surface area contributed by atoms with Crippen LogP contribution in [0.1, 0.15) is 36.4 Å². The Morgan fingerprint density at radius 2 is 1.84 bits per heavy atom. The molecule has 4 N–H and O–H groups in total. The summed E-state index contributed by atoms with van der Waals surface area (Å²) in [6.07, 6.45) is 2.35. The van der Waals surface area contributed by atoms with Crippen LogP contribution in [0.2, 0.25) is 0 Å². The molecule has 5 rings (SSSR count). The van der Waals surface area contributed by atoms with Crippen LogP contribution in [0.25, 0.3) is 10.9 Å². The first-order valence-electron chi connectivity index (χ1n) is 10.2. The molecule has 1 aliphatic carbocycles. The molecule has 1 atom stereocenters. The van der Waals surface area contributed by atoms with Gasteiger partial charge in [-0.25, -0.2) is 9.18 Å². The number of nitrogen functional groups attached to an aromatic ring is 1. The second-order valence-corrected chi connectivity index (χ2v) is 8.48. The highest BCUT2D eigenvalue weighted by molar-refractivity contribution is 5.87. The summed E-state index contributed by atoms with van der Waals surface area (Å²) in [6.45, 7) is 2.79.